The molecule has 1 atom stereocenters. The van der Waals surface area contributed by atoms with Gasteiger partial charge in [0.15, 0.2) is 0 Å². The van der Waals surface area contributed by atoms with Crippen LogP contribution in [0.1, 0.15) is 18.9 Å². The van der Waals surface area contributed by atoms with E-state index in [2.05, 4.69) is 5.32 Å². The Morgan fingerprint density at radius 1 is 1.05 bits per heavy atom. The van der Waals surface area contributed by atoms with Crippen molar-refractivity contribution in [1.29, 1.82) is 0 Å². The second kappa shape index (κ2) is 6.83. The summed E-state index contributed by atoms with van der Waals surface area (Å²) in [5.74, 6) is 0.267. The van der Waals surface area contributed by atoms with Crippen LogP contribution >= 0.6 is 11.6 Å². The zero-order valence-corrected chi connectivity index (χ0v) is 12.8. The summed E-state index contributed by atoms with van der Waals surface area (Å²) in [7, 11) is 0. The van der Waals surface area contributed by atoms with E-state index in [9.17, 15) is 10.2 Å². The van der Waals surface area contributed by atoms with Gasteiger partial charge in [0.1, 0.15) is 5.75 Å². The van der Waals surface area contributed by atoms with Crippen molar-refractivity contribution in [3.63, 3.8) is 0 Å². The van der Waals surface area contributed by atoms with Crippen molar-refractivity contribution in [1.82, 2.24) is 0 Å². The topological polar surface area (TPSA) is 52.5 Å². The maximum Gasteiger partial charge on any atom is 0.115 e. The van der Waals surface area contributed by atoms with Crippen molar-refractivity contribution in [2.45, 2.75) is 25.3 Å². The zero-order chi connectivity index (χ0) is 15.3. The number of anilines is 1. The fourth-order valence-electron chi connectivity index (χ4n) is 2.15. The number of aliphatic hydroxyl groups is 1. The average Bonchev–Trinajstić information content (AvgIpc) is 2.49. The van der Waals surface area contributed by atoms with Gasteiger partial charge in [0.05, 0.1) is 12.1 Å². The summed E-state index contributed by atoms with van der Waals surface area (Å²) in [5, 5.41) is 23.0. The average molecular weight is 306 g/mol. The molecule has 0 aromatic heterocycles. The number of phenols is 1. The number of halogens is 1. The first-order valence-electron chi connectivity index (χ1n) is 6.93. The molecule has 0 aliphatic rings. The summed E-state index contributed by atoms with van der Waals surface area (Å²) in [6.45, 7) is 2.02. The van der Waals surface area contributed by atoms with Crippen LogP contribution in [0.3, 0.4) is 0 Å². The summed E-state index contributed by atoms with van der Waals surface area (Å²) in [6, 6.07) is 14.6. The number of nitrogens with one attached hydrogen (secondary N) is 1. The minimum atomic E-state index is -0.411. The van der Waals surface area contributed by atoms with Gasteiger partial charge in [-0.15, -0.1) is 0 Å². The molecule has 2 aromatic rings. The van der Waals surface area contributed by atoms with E-state index in [1.807, 2.05) is 43.3 Å². The van der Waals surface area contributed by atoms with Crippen molar-refractivity contribution in [3.05, 3.63) is 59.1 Å². The number of aromatic hydroxyl groups is 1. The molecule has 0 fully saturated rings. The Balaban J connectivity index is 1.99. The van der Waals surface area contributed by atoms with Gasteiger partial charge in [-0.25, -0.2) is 0 Å². The van der Waals surface area contributed by atoms with Gasteiger partial charge in [-0.3, -0.25) is 0 Å². The van der Waals surface area contributed by atoms with Gasteiger partial charge in [0.25, 0.3) is 0 Å². The Hall–Kier alpha value is -1.71. The monoisotopic (exact) mass is 305 g/mol. The van der Waals surface area contributed by atoms with Crippen LogP contribution in [0, 0.1) is 0 Å². The molecule has 0 spiro atoms. The molecule has 0 saturated carbocycles. The van der Waals surface area contributed by atoms with Crippen molar-refractivity contribution in [2.24, 2.45) is 0 Å². The van der Waals surface area contributed by atoms with E-state index in [0.717, 1.165) is 24.1 Å². The molecule has 0 bridgehead atoms. The second-order valence-electron chi connectivity index (χ2n) is 5.52. The van der Waals surface area contributed by atoms with Crippen LogP contribution in [-0.4, -0.2) is 22.4 Å². The predicted molar refractivity (Wildman–Crippen MR) is 87.0 cm³/mol. The van der Waals surface area contributed by atoms with Crippen LogP contribution in [-0.2, 0) is 6.42 Å². The zero-order valence-electron chi connectivity index (χ0n) is 12.0. The Morgan fingerprint density at radius 2 is 1.67 bits per heavy atom. The molecule has 112 valence electrons. The molecular formula is C17H20ClNO2. The van der Waals surface area contributed by atoms with Crippen LogP contribution in [0.4, 0.5) is 5.69 Å². The second-order valence-corrected chi connectivity index (χ2v) is 5.95. The molecule has 0 aliphatic carbocycles. The minimum Gasteiger partial charge on any atom is -0.508 e. The lowest BCUT2D eigenvalue weighted by atomic mass is 9.93. The Labute approximate surface area is 130 Å². The first-order valence-corrected chi connectivity index (χ1v) is 7.31. The lowest BCUT2D eigenvalue weighted by Crippen LogP contribution is -2.39. The predicted octanol–water partition coefficient (Wildman–Crippen LogP) is 3.84. The highest BCUT2D eigenvalue weighted by atomic mass is 35.5. The third kappa shape index (κ3) is 4.66. The lowest BCUT2D eigenvalue weighted by molar-refractivity contribution is 0.215. The first kappa shape index (κ1) is 15.7. The minimum absolute atomic E-state index is 0.0354. The van der Waals surface area contributed by atoms with Gasteiger partial charge in [0, 0.05) is 10.7 Å². The summed E-state index contributed by atoms with van der Waals surface area (Å²) in [5.41, 5.74) is 1.65. The molecule has 4 heteroatoms. The maximum atomic E-state index is 9.69. The highest BCUT2D eigenvalue weighted by Crippen LogP contribution is 2.22. The Kier molecular flexibility index (Phi) is 5.10. The molecular weight excluding hydrogens is 286 g/mol. The van der Waals surface area contributed by atoms with Crippen LogP contribution in [0.5, 0.6) is 5.75 Å². The number of phenolic OH excluding ortho intramolecular Hbond substituents is 1. The SMILES string of the molecule is CC(CO)(CCc1ccc(O)cc1)Nc1ccc(Cl)cc1. The number of benzene rings is 2. The van der Waals surface area contributed by atoms with Crippen molar-refractivity contribution in [2.75, 3.05) is 11.9 Å². The molecule has 0 saturated heterocycles. The number of hydrogen-bond acceptors (Lipinski definition) is 3. The van der Waals surface area contributed by atoms with Crippen molar-refractivity contribution >= 4 is 17.3 Å². The quantitative estimate of drug-likeness (QED) is 0.760. The van der Waals surface area contributed by atoms with Gasteiger partial charge >= 0.3 is 0 Å². The van der Waals surface area contributed by atoms with Crippen LogP contribution < -0.4 is 5.32 Å². The molecule has 0 radical (unpaired) electrons. The van der Waals surface area contributed by atoms with E-state index in [1.54, 1.807) is 12.1 Å². The van der Waals surface area contributed by atoms with Crippen LogP contribution in [0.2, 0.25) is 5.02 Å². The normalized spacial score (nSPS) is 13.7. The number of aliphatic hydroxyl groups excluding tert-OH is 1. The molecule has 21 heavy (non-hydrogen) atoms. The fraction of sp³-hybridized carbons (Fsp3) is 0.294. The van der Waals surface area contributed by atoms with E-state index in [1.165, 1.54) is 0 Å². The van der Waals surface area contributed by atoms with Crippen molar-refractivity contribution < 1.29 is 10.2 Å². The molecule has 0 heterocycles. The third-order valence-corrected chi connectivity index (χ3v) is 3.79. The highest BCUT2D eigenvalue weighted by Gasteiger charge is 2.22. The van der Waals surface area contributed by atoms with E-state index in [4.69, 9.17) is 11.6 Å². The molecule has 0 aliphatic heterocycles. The maximum absolute atomic E-state index is 9.69. The van der Waals surface area contributed by atoms with Gasteiger partial charge in [-0.1, -0.05) is 23.7 Å². The van der Waals surface area contributed by atoms with E-state index in [-0.39, 0.29) is 12.4 Å². The molecule has 3 nitrogen and oxygen atoms in total. The molecule has 1 unspecified atom stereocenters. The molecule has 0 amide bonds. The summed E-state index contributed by atoms with van der Waals surface area (Å²) in [6.07, 6.45) is 1.59. The smallest absolute Gasteiger partial charge is 0.115 e. The summed E-state index contributed by atoms with van der Waals surface area (Å²) >= 11 is 5.87. The molecule has 2 aromatic carbocycles. The van der Waals surface area contributed by atoms with Gasteiger partial charge in [-0.05, 0) is 61.7 Å². The van der Waals surface area contributed by atoms with Crippen LogP contribution in [0.25, 0.3) is 0 Å². The summed E-state index contributed by atoms with van der Waals surface area (Å²) in [4.78, 5) is 0. The Bertz CT molecular complexity index is 568. The highest BCUT2D eigenvalue weighted by molar-refractivity contribution is 6.30. The summed E-state index contributed by atoms with van der Waals surface area (Å²) < 4.78 is 0. The Morgan fingerprint density at radius 3 is 2.24 bits per heavy atom. The van der Waals surface area contributed by atoms with E-state index in [0.29, 0.717) is 5.02 Å². The number of rotatable bonds is 6. The molecule has 3 N–H and O–H groups in total. The van der Waals surface area contributed by atoms with Crippen molar-refractivity contribution in [3.8, 4) is 5.75 Å². The van der Waals surface area contributed by atoms with Gasteiger partial charge < -0.3 is 15.5 Å². The van der Waals surface area contributed by atoms with Crippen LogP contribution in [0.15, 0.2) is 48.5 Å². The first-order chi connectivity index (χ1) is 10.0. The fourth-order valence-corrected chi connectivity index (χ4v) is 2.27. The standard InChI is InChI=1S/C17H20ClNO2/c1-17(12-20,19-15-6-4-14(18)5-7-15)11-10-13-2-8-16(21)9-3-13/h2-9,19-21H,10-12H2,1H3. The number of hydrogen-bond donors (Lipinski definition) is 3. The molecule has 2 rings (SSSR count). The third-order valence-electron chi connectivity index (χ3n) is 3.54. The largest absolute Gasteiger partial charge is 0.508 e. The van der Waals surface area contributed by atoms with Gasteiger partial charge in [-0.2, -0.15) is 0 Å². The van der Waals surface area contributed by atoms with Gasteiger partial charge in [0.2, 0.25) is 0 Å². The van der Waals surface area contributed by atoms with E-state index >= 15 is 0 Å². The van der Waals surface area contributed by atoms with E-state index < -0.39 is 5.54 Å². The number of aryl methyl sites for hydroxylation is 1. The lowest BCUT2D eigenvalue weighted by Gasteiger charge is -2.30.